The summed E-state index contributed by atoms with van der Waals surface area (Å²) in [5.41, 5.74) is 2.90. The molecular formula is C17H23NO3. The summed E-state index contributed by atoms with van der Waals surface area (Å²) in [6.45, 7) is 8.80. The molecule has 21 heavy (non-hydrogen) atoms. The summed E-state index contributed by atoms with van der Waals surface area (Å²) in [5, 5.41) is 0. The number of benzene rings is 1. The topological polar surface area (TPSA) is 38.8 Å². The van der Waals surface area contributed by atoms with Gasteiger partial charge in [-0.2, -0.15) is 0 Å². The Hall–Kier alpha value is -1.81. The molecule has 0 saturated carbocycles. The van der Waals surface area contributed by atoms with Gasteiger partial charge >= 0.3 is 5.97 Å². The number of aryl methyl sites for hydroxylation is 1. The number of fused-ring (bicyclic) bond motifs is 1. The highest BCUT2D eigenvalue weighted by Gasteiger charge is 2.18. The summed E-state index contributed by atoms with van der Waals surface area (Å²) in [6, 6.07) is 6.36. The van der Waals surface area contributed by atoms with E-state index in [2.05, 4.69) is 25.6 Å². The van der Waals surface area contributed by atoms with Crippen molar-refractivity contribution < 1.29 is 14.3 Å². The average molecular weight is 289 g/mol. The van der Waals surface area contributed by atoms with Crippen LogP contribution in [0.2, 0.25) is 0 Å². The number of unbranched alkanes of at least 4 members (excludes halogenated alkanes) is 1. The average Bonchev–Trinajstić information content (AvgIpc) is 2.49. The summed E-state index contributed by atoms with van der Waals surface area (Å²) in [4.78, 5) is 13.4. The summed E-state index contributed by atoms with van der Waals surface area (Å²) in [7, 11) is 0. The van der Waals surface area contributed by atoms with E-state index >= 15 is 0 Å². The predicted octanol–water partition coefficient (Wildman–Crippen LogP) is 3.26. The summed E-state index contributed by atoms with van der Waals surface area (Å²) < 4.78 is 10.9. The lowest BCUT2D eigenvalue weighted by molar-refractivity contribution is -0.146. The SMILES string of the molecule is C=C(C)C(=O)OCN1COc2ccc(CCCC)cc2C1. The molecule has 0 N–H and O–H groups in total. The molecule has 114 valence electrons. The van der Waals surface area contributed by atoms with E-state index in [-0.39, 0.29) is 12.7 Å². The number of hydrogen-bond donors (Lipinski definition) is 0. The number of ether oxygens (including phenoxy) is 2. The second-order valence-electron chi connectivity index (χ2n) is 5.49. The van der Waals surface area contributed by atoms with Crippen molar-refractivity contribution in [3.8, 4) is 5.75 Å². The van der Waals surface area contributed by atoms with Crippen molar-refractivity contribution in [2.75, 3.05) is 13.5 Å². The number of carbonyl (C=O) groups excluding carboxylic acids is 1. The normalized spacial score (nSPS) is 14.2. The van der Waals surface area contributed by atoms with E-state index in [1.807, 2.05) is 11.0 Å². The molecule has 1 aromatic carbocycles. The molecule has 0 unspecified atom stereocenters. The smallest absolute Gasteiger partial charge is 0.334 e. The number of rotatable bonds is 6. The van der Waals surface area contributed by atoms with Gasteiger partial charge in [-0.1, -0.05) is 32.1 Å². The molecule has 0 aromatic heterocycles. The van der Waals surface area contributed by atoms with Crippen LogP contribution in [0.3, 0.4) is 0 Å². The Balaban J connectivity index is 1.95. The van der Waals surface area contributed by atoms with Gasteiger partial charge in [0.25, 0.3) is 0 Å². The molecule has 0 atom stereocenters. The van der Waals surface area contributed by atoms with E-state index in [9.17, 15) is 4.79 Å². The van der Waals surface area contributed by atoms with E-state index in [4.69, 9.17) is 9.47 Å². The van der Waals surface area contributed by atoms with Crippen LogP contribution in [0, 0.1) is 0 Å². The van der Waals surface area contributed by atoms with Crippen LogP contribution in [-0.2, 0) is 22.5 Å². The fourth-order valence-corrected chi connectivity index (χ4v) is 2.24. The molecule has 4 heteroatoms. The highest BCUT2D eigenvalue weighted by Crippen LogP contribution is 2.26. The van der Waals surface area contributed by atoms with Crippen molar-refractivity contribution in [2.45, 2.75) is 39.7 Å². The maximum absolute atomic E-state index is 11.4. The zero-order valence-corrected chi connectivity index (χ0v) is 12.9. The van der Waals surface area contributed by atoms with Crippen LogP contribution in [0.15, 0.2) is 30.4 Å². The molecule has 0 amide bonds. The first-order chi connectivity index (χ1) is 10.1. The van der Waals surface area contributed by atoms with Gasteiger partial charge in [0.1, 0.15) is 19.2 Å². The minimum atomic E-state index is -0.363. The molecule has 1 aliphatic rings. The summed E-state index contributed by atoms with van der Waals surface area (Å²) in [5.74, 6) is 0.565. The van der Waals surface area contributed by atoms with Crippen molar-refractivity contribution in [2.24, 2.45) is 0 Å². The van der Waals surface area contributed by atoms with E-state index in [0.717, 1.165) is 24.3 Å². The number of carbonyl (C=O) groups is 1. The zero-order chi connectivity index (χ0) is 15.2. The first kappa shape index (κ1) is 15.6. The Labute approximate surface area is 126 Å². The van der Waals surface area contributed by atoms with Crippen LogP contribution < -0.4 is 4.74 Å². The van der Waals surface area contributed by atoms with Crippen LogP contribution in [-0.4, -0.2) is 24.3 Å². The molecule has 0 bridgehead atoms. The maximum atomic E-state index is 11.4. The third kappa shape index (κ3) is 4.33. The maximum Gasteiger partial charge on any atom is 0.334 e. The minimum absolute atomic E-state index is 0.227. The van der Waals surface area contributed by atoms with Gasteiger partial charge < -0.3 is 9.47 Å². The molecule has 0 fully saturated rings. The van der Waals surface area contributed by atoms with Crippen molar-refractivity contribution in [3.05, 3.63) is 41.5 Å². The Morgan fingerprint density at radius 1 is 1.48 bits per heavy atom. The van der Waals surface area contributed by atoms with Gasteiger partial charge in [0.15, 0.2) is 0 Å². The van der Waals surface area contributed by atoms with Gasteiger partial charge in [0, 0.05) is 17.7 Å². The van der Waals surface area contributed by atoms with Crippen molar-refractivity contribution in [1.82, 2.24) is 4.90 Å². The lowest BCUT2D eigenvalue weighted by Crippen LogP contribution is -2.34. The van der Waals surface area contributed by atoms with Gasteiger partial charge in [-0.25, -0.2) is 9.69 Å². The van der Waals surface area contributed by atoms with Crippen LogP contribution in [0.1, 0.15) is 37.8 Å². The summed E-state index contributed by atoms with van der Waals surface area (Å²) >= 11 is 0. The van der Waals surface area contributed by atoms with Gasteiger partial charge in [0.2, 0.25) is 0 Å². The van der Waals surface area contributed by atoms with E-state index < -0.39 is 0 Å². The quantitative estimate of drug-likeness (QED) is 0.595. The molecule has 4 nitrogen and oxygen atoms in total. The molecule has 1 aromatic rings. The van der Waals surface area contributed by atoms with E-state index in [1.54, 1.807) is 6.92 Å². The molecule has 0 aliphatic carbocycles. The fraction of sp³-hybridized carbons (Fsp3) is 0.471. The van der Waals surface area contributed by atoms with Crippen molar-refractivity contribution in [1.29, 1.82) is 0 Å². The molecule has 0 spiro atoms. The second kappa shape index (κ2) is 7.27. The van der Waals surface area contributed by atoms with Gasteiger partial charge in [-0.05, 0) is 31.4 Å². The number of nitrogens with zero attached hydrogens (tertiary/aromatic N) is 1. The van der Waals surface area contributed by atoms with Crippen LogP contribution >= 0.6 is 0 Å². The standard InChI is InChI=1S/C17H23NO3/c1-4-5-6-14-7-8-16-15(9-14)10-18(11-20-16)12-21-17(19)13(2)3/h7-9H,2,4-6,10-12H2,1,3H3. The largest absolute Gasteiger partial charge is 0.478 e. The lowest BCUT2D eigenvalue weighted by Gasteiger charge is -2.28. The first-order valence-corrected chi connectivity index (χ1v) is 7.39. The zero-order valence-electron chi connectivity index (χ0n) is 12.9. The molecule has 0 radical (unpaired) electrons. The van der Waals surface area contributed by atoms with Crippen molar-refractivity contribution >= 4 is 5.97 Å². The fourth-order valence-electron chi connectivity index (χ4n) is 2.24. The van der Waals surface area contributed by atoms with Gasteiger partial charge in [0.05, 0.1) is 0 Å². The minimum Gasteiger partial charge on any atom is -0.478 e. The Bertz CT molecular complexity index is 525. The number of hydrogen-bond acceptors (Lipinski definition) is 4. The van der Waals surface area contributed by atoms with Crippen LogP contribution in [0.4, 0.5) is 0 Å². The third-order valence-electron chi connectivity index (χ3n) is 3.47. The van der Waals surface area contributed by atoms with E-state index in [0.29, 0.717) is 12.3 Å². The molecule has 2 rings (SSSR count). The molecule has 1 aliphatic heterocycles. The molecular weight excluding hydrogens is 266 g/mol. The Kier molecular flexibility index (Phi) is 5.39. The predicted molar refractivity (Wildman–Crippen MR) is 81.9 cm³/mol. The Morgan fingerprint density at radius 3 is 3.00 bits per heavy atom. The van der Waals surface area contributed by atoms with Gasteiger partial charge in [-0.3, -0.25) is 0 Å². The van der Waals surface area contributed by atoms with E-state index in [1.165, 1.54) is 18.4 Å². The van der Waals surface area contributed by atoms with Crippen molar-refractivity contribution in [3.63, 3.8) is 0 Å². The molecule has 0 saturated heterocycles. The number of esters is 1. The van der Waals surface area contributed by atoms with Crippen LogP contribution in [0.25, 0.3) is 0 Å². The highest BCUT2D eigenvalue weighted by molar-refractivity contribution is 5.86. The van der Waals surface area contributed by atoms with Gasteiger partial charge in [-0.15, -0.1) is 0 Å². The lowest BCUT2D eigenvalue weighted by atomic mass is 10.0. The third-order valence-corrected chi connectivity index (χ3v) is 3.47. The van der Waals surface area contributed by atoms with Crippen LogP contribution in [0.5, 0.6) is 5.75 Å². The second-order valence-corrected chi connectivity index (χ2v) is 5.49. The first-order valence-electron chi connectivity index (χ1n) is 7.39. The Morgan fingerprint density at radius 2 is 2.29 bits per heavy atom. The monoisotopic (exact) mass is 289 g/mol. The molecule has 1 heterocycles. The highest BCUT2D eigenvalue weighted by atomic mass is 16.6. The summed E-state index contributed by atoms with van der Waals surface area (Å²) in [6.07, 6.45) is 3.48.